The van der Waals surface area contributed by atoms with Gasteiger partial charge in [-0.15, -0.1) is 9.46 Å². The first kappa shape index (κ1) is 16.4. The fourth-order valence-corrected chi connectivity index (χ4v) is 5.19. The maximum absolute atomic E-state index is 12.9. The van der Waals surface area contributed by atoms with E-state index in [4.69, 9.17) is 0 Å². The maximum atomic E-state index is 12.9. The number of nitrogens with zero attached hydrogens (tertiary/aromatic N) is 4. The summed E-state index contributed by atoms with van der Waals surface area (Å²) in [6.45, 7) is 0.402. The van der Waals surface area contributed by atoms with Gasteiger partial charge in [0.2, 0.25) is 0 Å². The molecular formula is C18H15BrN4OS. The molecule has 3 aromatic rings. The molecule has 2 heterocycles. The predicted octanol–water partition coefficient (Wildman–Crippen LogP) is 4.18. The fourth-order valence-electron chi connectivity index (χ4n) is 2.80. The number of rotatable bonds is 3. The lowest BCUT2D eigenvalue weighted by atomic mass is 10.2. The van der Waals surface area contributed by atoms with Crippen LogP contribution in [0.5, 0.6) is 0 Å². The van der Waals surface area contributed by atoms with Gasteiger partial charge in [-0.3, -0.25) is 0 Å². The third-order valence-electron chi connectivity index (χ3n) is 3.99. The van der Waals surface area contributed by atoms with Gasteiger partial charge < -0.3 is 4.55 Å². The zero-order valence-corrected chi connectivity index (χ0v) is 15.9. The van der Waals surface area contributed by atoms with Crippen LogP contribution in [0.2, 0.25) is 0 Å². The van der Waals surface area contributed by atoms with Crippen LogP contribution in [0.4, 0.5) is 0 Å². The fraction of sp³-hybridized carbons (Fsp3) is 0.111. The van der Waals surface area contributed by atoms with Crippen molar-refractivity contribution in [2.45, 2.75) is 11.4 Å². The molecule has 0 radical (unpaired) electrons. The van der Waals surface area contributed by atoms with Gasteiger partial charge >= 0.3 is 0 Å². The Labute approximate surface area is 155 Å². The molecule has 25 heavy (non-hydrogen) atoms. The first-order valence-corrected chi connectivity index (χ1v) is 10.4. The summed E-state index contributed by atoms with van der Waals surface area (Å²) in [4.78, 5) is 0.759. The van der Waals surface area contributed by atoms with Gasteiger partial charge in [-0.25, -0.2) is 4.68 Å². The summed E-state index contributed by atoms with van der Waals surface area (Å²) in [6.07, 6.45) is 3.54. The second-order valence-electron chi connectivity index (χ2n) is 5.82. The Morgan fingerprint density at radius 2 is 1.80 bits per heavy atom. The van der Waals surface area contributed by atoms with Gasteiger partial charge in [0.15, 0.2) is 0 Å². The Kier molecular flexibility index (Phi) is 4.15. The van der Waals surface area contributed by atoms with Gasteiger partial charge in [-0.2, -0.15) is 0 Å². The Balaban J connectivity index is 1.70. The molecule has 0 saturated heterocycles. The summed E-state index contributed by atoms with van der Waals surface area (Å²) in [5, 5.41) is 8.40. The monoisotopic (exact) mass is 414 g/mol. The molecule has 0 bridgehead atoms. The smallest absolute Gasteiger partial charge is 0.144 e. The number of halogens is 1. The van der Waals surface area contributed by atoms with Crippen molar-refractivity contribution in [1.82, 2.24) is 15.0 Å². The molecule has 1 atom stereocenters. The number of fused-ring (bicyclic) bond motifs is 1. The summed E-state index contributed by atoms with van der Waals surface area (Å²) in [7, 11) is -2.46. The van der Waals surface area contributed by atoms with Crippen LogP contribution in [0.1, 0.15) is 5.56 Å². The molecule has 0 spiro atoms. The molecule has 126 valence electrons. The molecule has 4 rings (SSSR count). The highest BCUT2D eigenvalue weighted by atomic mass is 79.9. The van der Waals surface area contributed by atoms with Crippen LogP contribution in [0.15, 0.2) is 75.7 Å². The minimum Gasteiger partial charge on any atom is -0.626 e. The average molecular weight is 415 g/mol. The van der Waals surface area contributed by atoms with E-state index < -0.39 is 10.1 Å². The molecule has 0 saturated carbocycles. The van der Waals surface area contributed by atoms with Crippen molar-refractivity contribution in [2.24, 2.45) is 4.36 Å². The number of hydrogen-bond acceptors (Lipinski definition) is 4. The van der Waals surface area contributed by atoms with Crippen molar-refractivity contribution in [2.75, 3.05) is 6.26 Å². The van der Waals surface area contributed by atoms with Crippen molar-refractivity contribution < 1.29 is 4.55 Å². The Morgan fingerprint density at radius 3 is 2.60 bits per heavy atom. The number of allylic oxidation sites excluding steroid dienone is 1. The minimum absolute atomic E-state index is 0.402. The van der Waals surface area contributed by atoms with Crippen LogP contribution in [0.25, 0.3) is 15.7 Å². The van der Waals surface area contributed by atoms with Crippen LogP contribution in [-0.4, -0.2) is 25.8 Å². The molecule has 1 aliphatic rings. The average Bonchev–Trinajstić information content (AvgIpc) is 3.09. The van der Waals surface area contributed by atoms with E-state index in [0.717, 1.165) is 26.2 Å². The molecule has 1 unspecified atom stereocenters. The first-order chi connectivity index (χ1) is 12.0. The van der Waals surface area contributed by atoms with Gasteiger partial charge in [0.05, 0.1) is 23.5 Å². The van der Waals surface area contributed by atoms with E-state index in [1.54, 1.807) is 10.9 Å². The lowest BCUT2D eigenvalue weighted by molar-refractivity contribution is 0.584. The van der Waals surface area contributed by atoms with Crippen molar-refractivity contribution in [3.63, 3.8) is 0 Å². The third kappa shape index (κ3) is 3.10. The standard InChI is InChI=1S/C18H15BrN4OS/c1-25(24)17-10-6-5-9-14(17)18(19)16(21-25)12-23-11-15(20-22-23)13-7-3-2-4-8-13/h2-11H,12H2,1H3. The second kappa shape index (κ2) is 6.33. The van der Waals surface area contributed by atoms with Crippen LogP contribution in [-0.2, 0) is 16.7 Å². The van der Waals surface area contributed by atoms with E-state index in [1.807, 2.05) is 60.8 Å². The highest BCUT2D eigenvalue weighted by Crippen LogP contribution is 2.39. The zero-order chi connectivity index (χ0) is 17.4. The summed E-state index contributed by atoms with van der Waals surface area (Å²) in [5.74, 6) is 0. The SMILES string of the molecule is C[S+]1([O-])=NC(Cn2cc(-c3ccccc3)nn2)=C(Br)c2ccccc21. The summed E-state index contributed by atoms with van der Waals surface area (Å²) in [5.41, 5.74) is 3.43. The maximum Gasteiger partial charge on any atom is 0.144 e. The molecule has 1 aromatic heterocycles. The summed E-state index contributed by atoms with van der Waals surface area (Å²) >= 11 is 3.61. The topological polar surface area (TPSA) is 66.1 Å². The lowest BCUT2D eigenvalue weighted by Crippen LogP contribution is -2.16. The molecule has 1 aliphatic heterocycles. The van der Waals surface area contributed by atoms with Crippen molar-refractivity contribution in [1.29, 1.82) is 0 Å². The number of aromatic nitrogens is 3. The zero-order valence-electron chi connectivity index (χ0n) is 13.5. The summed E-state index contributed by atoms with van der Waals surface area (Å²) < 4.78 is 20.0. The molecule has 2 aromatic carbocycles. The molecule has 5 nitrogen and oxygen atoms in total. The largest absolute Gasteiger partial charge is 0.626 e. The van der Waals surface area contributed by atoms with Gasteiger partial charge in [-0.05, 0) is 38.2 Å². The van der Waals surface area contributed by atoms with Crippen molar-refractivity contribution >= 4 is 30.5 Å². The predicted molar refractivity (Wildman–Crippen MR) is 103 cm³/mol. The molecule has 0 amide bonds. The normalized spacial score (nSPS) is 19.5. The van der Waals surface area contributed by atoms with E-state index >= 15 is 0 Å². The van der Waals surface area contributed by atoms with E-state index in [9.17, 15) is 4.55 Å². The lowest BCUT2D eigenvalue weighted by Gasteiger charge is -2.24. The van der Waals surface area contributed by atoms with Gasteiger partial charge in [0, 0.05) is 11.1 Å². The first-order valence-electron chi connectivity index (χ1n) is 7.70. The van der Waals surface area contributed by atoms with Crippen molar-refractivity contribution in [3.8, 4) is 11.3 Å². The van der Waals surface area contributed by atoms with E-state index in [-0.39, 0.29) is 0 Å². The number of hydrogen-bond donors (Lipinski definition) is 0. The third-order valence-corrected chi connectivity index (χ3v) is 6.62. The van der Waals surface area contributed by atoms with E-state index in [2.05, 4.69) is 30.6 Å². The van der Waals surface area contributed by atoms with Crippen LogP contribution >= 0.6 is 15.9 Å². The van der Waals surface area contributed by atoms with Crippen LogP contribution < -0.4 is 0 Å². The van der Waals surface area contributed by atoms with E-state index in [0.29, 0.717) is 12.2 Å². The van der Waals surface area contributed by atoms with Gasteiger partial charge in [0.25, 0.3) is 0 Å². The molecule has 7 heteroatoms. The summed E-state index contributed by atoms with van der Waals surface area (Å²) in [6, 6.07) is 17.5. The molecule has 0 N–H and O–H groups in total. The highest BCUT2D eigenvalue weighted by molar-refractivity contribution is 9.15. The minimum atomic E-state index is -2.46. The Morgan fingerprint density at radius 1 is 1.08 bits per heavy atom. The molecule has 0 fully saturated rings. The van der Waals surface area contributed by atoms with Crippen LogP contribution in [0, 0.1) is 0 Å². The molecular weight excluding hydrogens is 400 g/mol. The Bertz CT molecular complexity index is 1020. The number of benzene rings is 2. The quantitative estimate of drug-likeness (QED) is 0.603. The van der Waals surface area contributed by atoms with Gasteiger partial charge in [0.1, 0.15) is 16.3 Å². The van der Waals surface area contributed by atoms with Crippen LogP contribution in [0.3, 0.4) is 0 Å². The van der Waals surface area contributed by atoms with Crippen molar-refractivity contribution in [3.05, 3.63) is 72.1 Å². The molecule has 0 aliphatic carbocycles. The Hall–Kier alpha value is -2.09. The highest BCUT2D eigenvalue weighted by Gasteiger charge is 2.26. The van der Waals surface area contributed by atoms with Gasteiger partial charge in [-0.1, -0.05) is 47.7 Å². The van der Waals surface area contributed by atoms with E-state index in [1.165, 1.54) is 0 Å². The second-order valence-corrected chi connectivity index (χ2v) is 8.84.